The van der Waals surface area contributed by atoms with Gasteiger partial charge in [-0.15, -0.1) is 11.3 Å². The summed E-state index contributed by atoms with van der Waals surface area (Å²) in [7, 11) is 0. The Hall–Kier alpha value is -2.22. The fraction of sp³-hybridized carbons (Fsp3) is 0.312. The molecular formula is C16H15F3N4S. The molecule has 8 heteroatoms. The molecule has 24 heavy (non-hydrogen) atoms. The maximum absolute atomic E-state index is 13.0. The third kappa shape index (κ3) is 3.81. The number of hydrogen-bond donors (Lipinski definition) is 1. The molecule has 0 aliphatic heterocycles. The molecule has 0 amide bonds. The molecule has 0 saturated heterocycles. The third-order valence-corrected chi connectivity index (χ3v) is 4.37. The first-order valence-corrected chi connectivity index (χ1v) is 8.23. The normalized spacial score (nSPS) is 11.8. The molecule has 0 saturated carbocycles. The number of thiophene rings is 1. The highest BCUT2D eigenvalue weighted by Crippen LogP contribution is 2.33. The molecule has 0 unspecified atom stereocenters. The van der Waals surface area contributed by atoms with Gasteiger partial charge in [-0.2, -0.15) is 13.2 Å². The number of fused-ring (bicyclic) bond motifs is 1. The van der Waals surface area contributed by atoms with E-state index in [9.17, 15) is 13.2 Å². The molecule has 126 valence electrons. The van der Waals surface area contributed by atoms with Gasteiger partial charge in [0, 0.05) is 23.8 Å². The maximum Gasteiger partial charge on any atom is 0.451 e. The van der Waals surface area contributed by atoms with Crippen LogP contribution in [0.1, 0.15) is 22.7 Å². The molecule has 0 fully saturated rings. The van der Waals surface area contributed by atoms with Crippen LogP contribution in [0.25, 0.3) is 10.2 Å². The Morgan fingerprint density at radius 3 is 2.79 bits per heavy atom. The minimum atomic E-state index is -4.56. The van der Waals surface area contributed by atoms with Crippen LogP contribution in [0.4, 0.5) is 19.0 Å². The molecule has 3 rings (SSSR count). The van der Waals surface area contributed by atoms with Crippen molar-refractivity contribution in [1.82, 2.24) is 15.0 Å². The molecule has 0 aromatic carbocycles. The van der Waals surface area contributed by atoms with Crippen LogP contribution < -0.4 is 5.32 Å². The van der Waals surface area contributed by atoms with Crippen molar-refractivity contribution in [2.45, 2.75) is 25.9 Å². The average molecular weight is 352 g/mol. The lowest BCUT2D eigenvalue weighted by atomic mass is 10.1. The van der Waals surface area contributed by atoms with E-state index < -0.39 is 12.0 Å². The first-order chi connectivity index (χ1) is 11.4. The monoisotopic (exact) mass is 352 g/mol. The van der Waals surface area contributed by atoms with Gasteiger partial charge in [0.15, 0.2) is 0 Å². The van der Waals surface area contributed by atoms with Crippen LogP contribution in [0.2, 0.25) is 0 Å². The Morgan fingerprint density at radius 2 is 2.08 bits per heavy atom. The number of alkyl halides is 3. The van der Waals surface area contributed by atoms with Crippen molar-refractivity contribution >= 4 is 27.4 Å². The Morgan fingerprint density at radius 1 is 1.25 bits per heavy atom. The fourth-order valence-corrected chi connectivity index (χ4v) is 3.23. The van der Waals surface area contributed by atoms with Crippen molar-refractivity contribution in [3.63, 3.8) is 0 Å². The van der Waals surface area contributed by atoms with E-state index in [1.54, 1.807) is 12.4 Å². The number of rotatable bonds is 5. The summed E-state index contributed by atoms with van der Waals surface area (Å²) in [6.07, 6.45) is 0.494. The van der Waals surface area contributed by atoms with Crippen molar-refractivity contribution in [2.24, 2.45) is 0 Å². The molecule has 1 N–H and O–H groups in total. The Kier molecular flexibility index (Phi) is 4.66. The number of pyridine rings is 1. The predicted molar refractivity (Wildman–Crippen MR) is 88.2 cm³/mol. The van der Waals surface area contributed by atoms with Crippen LogP contribution in [0, 0.1) is 6.92 Å². The number of aromatic nitrogens is 3. The molecule has 3 heterocycles. The van der Waals surface area contributed by atoms with Gasteiger partial charge in [-0.25, -0.2) is 9.97 Å². The number of halogens is 3. The molecule has 0 aliphatic rings. The highest BCUT2D eigenvalue weighted by atomic mass is 32.1. The van der Waals surface area contributed by atoms with Gasteiger partial charge >= 0.3 is 6.18 Å². The lowest BCUT2D eigenvalue weighted by molar-refractivity contribution is -0.144. The van der Waals surface area contributed by atoms with Crippen molar-refractivity contribution < 1.29 is 13.2 Å². The van der Waals surface area contributed by atoms with Gasteiger partial charge in [-0.05, 0) is 37.5 Å². The number of nitrogens with one attached hydrogen (secondary N) is 1. The van der Waals surface area contributed by atoms with Crippen LogP contribution in [-0.4, -0.2) is 21.5 Å². The maximum atomic E-state index is 13.0. The van der Waals surface area contributed by atoms with Gasteiger partial charge in [-0.3, -0.25) is 4.98 Å². The second kappa shape index (κ2) is 6.72. The van der Waals surface area contributed by atoms with E-state index in [4.69, 9.17) is 0 Å². The van der Waals surface area contributed by atoms with Crippen LogP contribution >= 0.6 is 11.3 Å². The fourth-order valence-electron chi connectivity index (χ4n) is 2.35. The van der Waals surface area contributed by atoms with E-state index in [1.165, 1.54) is 11.3 Å². The van der Waals surface area contributed by atoms with Crippen molar-refractivity contribution in [2.75, 3.05) is 11.9 Å². The standard InChI is InChI=1S/C16H15F3N4S/c1-10-8-12-13(21-7-3-5-11-4-2-6-20-9-11)22-15(16(17,18)19)23-14(12)24-10/h2,4,6,8-9H,3,5,7H2,1H3,(H,21,22,23). The SMILES string of the molecule is Cc1cc2c(NCCCc3cccnc3)nc(C(F)(F)F)nc2s1. The minimum Gasteiger partial charge on any atom is -0.369 e. The highest BCUT2D eigenvalue weighted by Gasteiger charge is 2.35. The zero-order chi connectivity index (χ0) is 17.2. The first kappa shape index (κ1) is 16.6. The Labute approximate surface area is 140 Å². The summed E-state index contributed by atoms with van der Waals surface area (Å²) in [6, 6.07) is 5.64. The van der Waals surface area contributed by atoms with Gasteiger partial charge in [0.05, 0.1) is 5.39 Å². The molecule has 3 aromatic rings. The van der Waals surface area contributed by atoms with Crippen molar-refractivity contribution in [3.8, 4) is 0 Å². The number of anilines is 1. The summed E-state index contributed by atoms with van der Waals surface area (Å²) in [6.45, 7) is 2.36. The van der Waals surface area contributed by atoms with Gasteiger partial charge in [0.2, 0.25) is 5.82 Å². The molecule has 4 nitrogen and oxygen atoms in total. The van der Waals surface area contributed by atoms with E-state index in [0.29, 0.717) is 16.8 Å². The van der Waals surface area contributed by atoms with E-state index in [1.807, 2.05) is 25.1 Å². The van der Waals surface area contributed by atoms with Gasteiger partial charge < -0.3 is 5.32 Å². The highest BCUT2D eigenvalue weighted by molar-refractivity contribution is 7.18. The van der Waals surface area contributed by atoms with Crippen LogP contribution in [-0.2, 0) is 12.6 Å². The average Bonchev–Trinajstić information content (AvgIpc) is 2.92. The van der Waals surface area contributed by atoms with Gasteiger partial charge in [0.1, 0.15) is 10.6 Å². The zero-order valence-corrected chi connectivity index (χ0v) is 13.7. The first-order valence-electron chi connectivity index (χ1n) is 7.41. The molecule has 0 spiro atoms. The summed E-state index contributed by atoms with van der Waals surface area (Å²) < 4.78 is 38.9. The molecule has 0 aliphatic carbocycles. The largest absolute Gasteiger partial charge is 0.451 e. The van der Waals surface area contributed by atoms with Crippen LogP contribution in [0.15, 0.2) is 30.6 Å². The predicted octanol–water partition coefficient (Wildman–Crippen LogP) is 4.46. The second-order valence-corrected chi connectivity index (χ2v) is 6.60. The van der Waals surface area contributed by atoms with Gasteiger partial charge in [-0.1, -0.05) is 6.07 Å². The van der Waals surface area contributed by atoms with E-state index in [-0.39, 0.29) is 5.82 Å². The quantitative estimate of drug-likeness (QED) is 0.689. The lowest BCUT2D eigenvalue weighted by Crippen LogP contribution is -2.13. The van der Waals surface area contributed by atoms with E-state index >= 15 is 0 Å². The second-order valence-electron chi connectivity index (χ2n) is 5.36. The van der Waals surface area contributed by atoms with E-state index in [2.05, 4.69) is 20.3 Å². The molecule has 0 bridgehead atoms. The molecular weight excluding hydrogens is 337 g/mol. The van der Waals surface area contributed by atoms with Crippen LogP contribution in [0.3, 0.4) is 0 Å². The van der Waals surface area contributed by atoms with Crippen molar-refractivity contribution in [3.05, 3.63) is 46.9 Å². The number of aryl methyl sites for hydroxylation is 2. The number of nitrogens with zero attached hydrogens (tertiary/aromatic N) is 3. The third-order valence-electron chi connectivity index (χ3n) is 3.43. The summed E-state index contributed by atoms with van der Waals surface area (Å²) in [5.41, 5.74) is 1.09. The smallest absolute Gasteiger partial charge is 0.369 e. The molecule has 0 atom stereocenters. The van der Waals surface area contributed by atoms with Crippen molar-refractivity contribution in [1.29, 1.82) is 0 Å². The minimum absolute atomic E-state index is 0.239. The summed E-state index contributed by atoms with van der Waals surface area (Å²) in [5, 5.41) is 3.65. The summed E-state index contributed by atoms with van der Waals surface area (Å²) >= 11 is 1.23. The zero-order valence-electron chi connectivity index (χ0n) is 12.9. The topological polar surface area (TPSA) is 50.7 Å². The summed E-state index contributed by atoms with van der Waals surface area (Å²) in [5.74, 6) is -0.866. The number of hydrogen-bond acceptors (Lipinski definition) is 5. The summed E-state index contributed by atoms with van der Waals surface area (Å²) in [4.78, 5) is 12.6. The van der Waals surface area contributed by atoms with Gasteiger partial charge in [0.25, 0.3) is 0 Å². The molecule has 0 radical (unpaired) electrons. The Bertz CT molecular complexity index is 830. The molecule has 3 aromatic heterocycles. The lowest BCUT2D eigenvalue weighted by Gasteiger charge is -2.10. The Balaban J connectivity index is 1.75. The van der Waals surface area contributed by atoms with Crippen LogP contribution in [0.5, 0.6) is 0 Å². The van der Waals surface area contributed by atoms with E-state index in [0.717, 1.165) is 23.3 Å².